The molecule has 0 spiro atoms. The quantitative estimate of drug-likeness (QED) is 0.590. The molecule has 2 N–H and O–H groups in total. The van der Waals surface area contributed by atoms with E-state index in [2.05, 4.69) is 30.6 Å². The van der Waals surface area contributed by atoms with E-state index in [4.69, 9.17) is 27.9 Å². The van der Waals surface area contributed by atoms with Crippen LogP contribution >= 0.6 is 23.2 Å². The second-order valence-corrected chi connectivity index (χ2v) is 10.7. The van der Waals surface area contributed by atoms with Crippen molar-refractivity contribution in [2.75, 3.05) is 19.7 Å². The van der Waals surface area contributed by atoms with Crippen molar-refractivity contribution in [3.63, 3.8) is 0 Å². The van der Waals surface area contributed by atoms with Crippen LogP contribution in [-0.4, -0.2) is 54.4 Å². The third kappa shape index (κ3) is 4.82. The van der Waals surface area contributed by atoms with Crippen LogP contribution in [0, 0.1) is 34.5 Å². The summed E-state index contributed by atoms with van der Waals surface area (Å²) < 4.78 is 5.60. The van der Waals surface area contributed by atoms with Gasteiger partial charge in [-0.2, -0.15) is 5.26 Å². The van der Waals surface area contributed by atoms with Crippen molar-refractivity contribution in [2.24, 2.45) is 23.2 Å². The van der Waals surface area contributed by atoms with Gasteiger partial charge in [0.1, 0.15) is 17.8 Å². The number of hydrogen-bond acceptors (Lipinski definition) is 5. The molecule has 3 aliphatic rings. The normalized spacial score (nSPS) is 27.7. The van der Waals surface area contributed by atoms with E-state index >= 15 is 0 Å². The van der Waals surface area contributed by atoms with Crippen LogP contribution in [-0.2, 0) is 14.4 Å². The monoisotopic (exact) mass is 506 g/mol. The number of nitrogens with zero attached hydrogens (tertiary/aromatic N) is 2. The number of nitrogens with one attached hydrogen (secondary N) is 2. The lowest BCUT2D eigenvalue weighted by Gasteiger charge is -2.31. The maximum absolute atomic E-state index is 13.3. The Labute approximate surface area is 208 Å². The molecule has 1 saturated carbocycles. The van der Waals surface area contributed by atoms with Gasteiger partial charge in [-0.3, -0.25) is 14.4 Å². The number of hydrogen-bond donors (Lipinski definition) is 2. The molecular formula is C24H28Cl2N4O4. The zero-order chi connectivity index (χ0) is 24.6. The molecule has 182 valence electrons. The minimum Gasteiger partial charge on any atom is -0.482 e. The van der Waals surface area contributed by atoms with Gasteiger partial charge in [0.25, 0.3) is 5.91 Å². The number of nitriles is 1. The molecule has 1 aromatic carbocycles. The fraction of sp³-hybridized carbons (Fsp3) is 0.583. The number of halogens is 2. The number of carbonyl (C=O) groups is 3. The van der Waals surface area contributed by atoms with E-state index < -0.39 is 12.1 Å². The molecule has 0 bridgehead atoms. The molecule has 10 heteroatoms. The van der Waals surface area contributed by atoms with Gasteiger partial charge in [-0.05, 0) is 54.7 Å². The van der Waals surface area contributed by atoms with E-state index in [1.54, 1.807) is 17.0 Å². The molecule has 2 saturated heterocycles. The number of piperidine rings is 2. The molecule has 3 amide bonds. The van der Waals surface area contributed by atoms with Crippen molar-refractivity contribution >= 4 is 40.9 Å². The first kappa shape index (κ1) is 24.6. The van der Waals surface area contributed by atoms with E-state index in [1.807, 2.05) is 0 Å². The van der Waals surface area contributed by atoms with Gasteiger partial charge in [0.05, 0.1) is 11.1 Å². The van der Waals surface area contributed by atoms with Crippen molar-refractivity contribution in [1.82, 2.24) is 15.5 Å². The largest absolute Gasteiger partial charge is 0.482 e. The highest BCUT2D eigenvalue weighted by Crippen LogP contribution is 2.64. The Morgan fingerprint density at radius 1 is 1.38 bits per heavy atom. The van der Waals surface area contributed by atoms with Crippen molar-refractivity contribution in [3.05, 3.63) is 28.2 Å². The van der Waals surface area contributed by atoms with Crippen molar-refractivity contribution in [1.29, 1.82) is 5.26 Å². The van der Waals surface area contributed by atoms with Gasteiger partial charge in [-0.25, -0.2) is 0 Å². The van der Waals surface area contributed by atoms with Gasteiger partial charge in [-0.15, -0.1) is 0 Å². The van der Waals surface area contributed by atoms with Gasteiger partial charge in [0, 0.05) is 24.0 Å². The molecule has 0 radical (unpaired) electrons. The summed E-state index contributed by atoms with van der Waals surface area (Å²) in [5.74, 6) is -0.528. The maximum Gasteiger partial charge on any atom is 0.261 e. The predicted octanol–water partition coefficient (Wildman–Crippen LogP) is 2.78. The summed E-state index contributed by atoms with van der Waals surface area (Å²) in [6.07, 6.45) is 1.80. The van der Waals surface area contributed by atoms with Crippen LogP contribution in [0.1, 0.15) is 33.1 Å². The number of likely N-dealkylation sites (tertiary alicyclic amines) is 1. The van der Waals surface area contributed by atoms with E-state index in [0.29, 0.717) is 35.3 Å². The smallest absolute Gasteiger partial charge is 0.261 e. The predicted molar refractivity (Wildman–Crippen MR) is 126 cm³/mol. The van der Waals surface area contributed by atoms with E-state index in [-0.39, 0.29) is 53.9 Å². The highest BCUT2D eigenvalue weighted by Gasteiger charge is 2.69. The lowest BCUT2D eigenvalue weighted by atomic mass is 9.91. The summed E-state index contributed by atoms with van der Waals surface area (Å²) in [4.78, 5) is 40.0. The molecule has 1 aliphatic carbocycles. The molecule has 8 nitrogen and oxygen atoms in total. The number of rotatable bonds is 7. The van der Waals surface area contributed by atoms with Crippen LogP contribution in [0.4, 0.5) is 0 Å². The number of ether oxygens (including phenoxy) is 1. The second-order valence-electron chi connectivity index (χ2n) is 9.86. The Kier molecular flexibility index (Phi) is 6.97. The van der Waals surface area contributed by atoms with Gasteiger partial charge in [-0.1, -0.05) is 37.0 Å². The number of fused-ring (bicyclic) bond motifs is 1. The zero-order valence-electron chi connectivity index (χ0n) is 19.1. The molecule has 1 aromatic rings. The van der Waals surface area contributed by atoms with Crippen molar-refractivity contribution < 1.29 is 19.1 Å². The molecule has 2 heterocycles. The first-order valence-electron chi connectivity index (χ1n) is 11.5. The van der Waals surface area contributed by atoms with Gasteiger partial charge in [0.2, 0.25) is 11.8 Å². The first-order valence-corrected chi connectivity index (χ1v) is 12.2. The van der Waals surface area contributed by atoms with Gasteiger partial charge < -0.3 is 20.3 Å². The fourth-order valence-corrected chi connectivity index (χ4v) is 5.87. The summed E-state index contributed by atoms with van der Waals surface area (Å²) in [5.41, 5.74) is -0.0650. The Hall–Kier alpha value is -2.50. The minimum absolute atomic E-state index is 0.00731. The Bertz CT molecular complexity index is 1040. The third-order valence-corrected chi connectivity index (χ3v) is 7.96. The SMILES string of the molecule is CC1(C)[C@@H]2C(C(=O)N[C@H](C#N)C[C@@H]3CCCNC3=O)N(C(=O)COc3ccc(Cl)cc3Cl)C[C@@H]21. The molecule has 3 fully saturated rings. The van der Waals surface area contributed by atoms with Crippen LogP contribution in [0.3, 0.4) is 0 Å². The summed E-state index contributed by atoms with van der Waals surface area (Å²) in [5, 5.41) is 16.0. The minimum atomic E-state index is -0.802. The molecule has 1 unspecified atom stereocenters. The van der Waals surface area contributed by atoms with Crippen molar-refractivity contribution in [3.8, 4) is 11.8 Å². The number of amides is 3. The van der Waals surface area contributed by atoms with Crippen LogP contribution in [0.25, 0.3) is 0 Å². The van der Waals surface area contributed by atoms with E-state index in [1.165, 1.54) is 6.07 Å². The molecule has 34 heavy (non-hydrogen) atoms. The standard InChI is InChI=1S/C24H28Cl2N4O4/c1-24(2)16-11-30(19(31)12-34-18-6-5-14(25)9-17(18)26)21(20(16)24)23(33)29-15(10-27)8-13-4-3-7-28-22(13)32/h5-6,9,13,15-16,20-21H,3-4,7-8,11-12H2,1-2H3,(H,28,32)(H,29,33)/t13-,15-,16-,20-,21?/m0/s1. The number of benzene rings is 1. The van der Waals surface area contributed by atoms with Gasteiger partial charge in [0.15, 0.2) is 6.61 Å². The molecule has 5 atom stereocenters. The fourth-order valence-electron chi connectivity index (χ4n) is 5.40. The molecule has 4 rings (SSSR count). The topological polar surface area (TPSA) is 112 Å². The Morgan fingerprint density at radius 2 is 2.15 bits per heavy atom. The second kappa shape index (κ2) is 9.63. The third-order valence-electron chi connectivity index (χ3n) is 7.43. The summed E-state index contributed by atoms with van der Waals surface area (Å²) in [6.45, 7) is 4.99. The van der Waals surface area contributed by atoms with Gasteiger partial charge >= 0.3 is 0 Å². The van der Waals surface area contributed by atoms with Crippen LogP contribution in [0.2, 0.25) is 10.0 Å². The molecule has 2 aliphatic heterocycles. The lowest BCUT2D eigenvalue weighted by Crippen LogP contribution is -2.53. The summed E-state index contributed by atoms with van der Waals surface area (Å²) in [6, 6.07) is 5.35. The highest BCUT2D eigenvalue weighted by molar-refractivity contribution is 6.35. The van der Waals surface area contributed by atoms with Crippen LogP contribution < -0.4 is 15.4 Å². The summed E-state index contributed by atoms with van der Waals surface area (Å²) >= 11 is 12.0. The summed E-state index contributed by atoms with van der Waals surface area (Å²) in [7, 11) is 0. The van der Waals surface area contributed by atoms with E-state index in [9.17, 15) is 19.6 Å². The average molecular weight is 507 g/mol. The van der Waals surface area contributed by atoms with Crippen LogP contribution in [0.15, 0.2) is 18.2 Å². The lowest BCUT2D eigenvalue weighted by molar-refractivity contribution is -0.142. The number of carbonyl (C=O) groups excluding carboxylic acids is 3. The Balaban J connectivity index is 1.42. The Morgan fingerprint density at radius 3 is 2.82 bits per heavy atom. The maximum atomic E-state index is 13.3. The van der Waals surface area contributed by atoms with Crippen LogP contribution in [0.5, 0.6) is 5.75 Å². The zero-order valence-corrected chi connectivity index (χ0v) is 20.7. The highest BCUT2D eigenvalue weighted by atomic mass is 35.5. The van der Waals surface area contributed by atoms with Crippen molar-refractivity contribution in [2.45, 2.75) is 45.2 Å². The first-order chi connectivity index (χ1) is 16.1. The van der Waals surface area contributed by atoms with E-state index in [0.717, 1.165) is 6.42 Å². The average Bonchev–Trinajstić information content (AvgIpc) is 3.12. The molecule has 0 aromatic heterocycles. The molecular weight excluding hydrogens is 479 g/mol.